The van der Waals surface area contributed by atoms with Gasteiger partial charge in [0.15, 0.2) is 0 Å². The Labute approximate surface area is 97.1 Å². The third-order valence-corrected chi connectivity index (χ3v) is 2.10. The Kier molecular flexibility index (Phi) is 4.65. The van der Waals surface area contributed by atoms with Gasteiger partial charge in [-0.25, -0.2) is 4.79 Å². The van der Waals surface area contributed by atoms with Crippen LogP contribution >= 0.6 is 0 Å². The van der Waals surface area contributed by atoms with E-state index in [4.69, 9.17) is 5.11 Å². The monoisotopic (exact) mass is 241 g/mol. The number of rotatable bonds is 5. The molecule has 0 saturated carbocycles. The van der Waals surface area contributed by atoms with Crippen molar-refractivity contribution in [1.29, 1.82) is 0 Å². The Hall–Kier alpha value is -1.89. The first-order valence-corrected chi connectivity index (χ1v) is 5.23. The standard InChI is InChI=1S/C10H15N3O4/c1-7(14)2-4-11-9(16)6-13-5-3-8(15)12-10(13)17/h3,5,7,14H,2,4,6H2,1H3,(H,11,16)(H,12,15,17). The SMILES string of the molecule is CC(O)CCNC(=O)Cn1ccc(=O)[nH]c1=O. The Bertz CT molecular complexity index is 489. The van der Waals surface area contributed by atoms with Crippen LogP contribution in [0.15, 0.2) is 21.9 Å². The van der Waals surface area contributed by atoms with E-state index in [1.54, 1.807) is 6.92 Å². The minimum atomic E-state index is -0.622. The number of hydrogen-bond donors (Lipinski definition) is 3. The number of aliphatic hydroxyl groups excluding tert-OH is 1. The predicted molar refractivity (Wildman–Crippen MR) is 60.6 cm³/mol. The van der Waals surface area contributed by atoms with Crippen LogP contribution in [-0.4, -0.2) is 33.2 Å². The molecule has 0 aromatic carbocycles. The average Bonchev–Trinajstić information content (AvgIpc) is 2.21. The maximum atomic E-state index is 11.4. The van der Waals surface area contributed by atoms with Crippen LogP contribution in [0.3, 0.4) is 0 Å². The van der Waals surface area contributed by atoms with Crippen LogP contribution < -0.4 is 16.6 Å². The van der Waals surface area contributed by atoms with E-state index in [1.807, 2.05) is 0 Å². The minimum Gasteiger partial charge on any atom is -0.393 e. The van der Waals surface area contributed by atoms with Crippen LogP contribution in [0.2, 0.25) is 0 Å². The Morgan fingerprint density at radius 1 is 1.59 bits per heavy atom. The van der Waals surface area contributed by atoms with Crippen molar-refractivity contribution in [2.75, 3.05) is 6.54 Å². The summed E-state index contributed by atoms with van der Waals surface area (Å²) in [6.07, 6.45) is 1.23. The van der Waals surface area contributed by atoms with Gasteiger partial charge in [0.1, 0.15) is 6.54 Å². The Morgan fingerprint density at radius 3 is 2.88 bits per heavy atom. The summed E-state index contributed by atoms with van der Waals surface area (Å²) in [6.45, 7) is 1.81. The third-order valence-electron chi connectivity index (χ3n) is 2.10. The Morgan fingerprint density at radius 2 is 2.29 bits per heavy atom. The summed E-state index contributed by atoms with van der Waals surface area (Å²) in [5, 5.41) is 11.5. The lowest BCUT2D eigenvalue weighted by molar-refractivity contribution is -0.121. The first kappa shape index (κ1) is 13.2. The largest absolute Gasteiger partial charge is 0.393 e. The van der Waals surface area contributed by atoms with E-state index in [9.17, 15) is 14.4 Å². The van der Waals surface area contributed by atoms with Gasteiger partial charge in [-0.2, -0.15) is 0 Å². The van der Waals surface area contributed by atoms with Crippen LogP contribution in [0.1, 0.15) is 13.3 Å². The van der Waals surface area contributed by atoms with E-state index in [2.05, 4.69) is 10.3 Å². The molecule has 1 unspecified atom stereocenters. The van der Waals surface area contributed by atoms with Crippen molar-refractivity contribution < 1.29 is 9.90 Å². The van der Waals surface area contributed by atoms with E-state index in [-0.39, 0.29) is 12.5 Å². The highest BCUT2D eigenvalue weighted by Crippen LogP contribution is 1.86. The van der Waals surface area contributed by atoms with E-state index in [1.165, 1.54) is 12.3 Å². The maximum Gasteiger partial charge on any atom is 0.328 e. The number of H-pyrrole nitrogens is 1. The highest BCUT2D eigenvalue weighted by atomic mass is 16.3. The lowest BCUT2D eigenvalue weighted by Gasteiger charge is -2.07. The van der Waals surface area contributed by atoms with Gasteiger partial charge >= 0.3 is 5.69 Å². The van der Waals surface area contributed by atoms with Gasteiger partial charge in [0.05, 0.1) is 6.10 Å². The number of aromatic nitrogens is 2. The van der Waals surface area contributed by atoms with E-state index in [0.29, 0.717) is 13.0 Å². The first-order chi connectivity index (χ1) is 7.99. The maximum absolute atomic E-state index is 11.4. The van der Waals surface area contributed by atoms with Crippen LogP contribution in [0.5, 0.6) is 0 Å². The van der Waals surface area contributed by atoms with Crippen LogP contribution in [-0.2, 0) is 11.3 Å². The predicted octanol–water partition coefficient (Wildman–Crippen LogP) is -1.58. The molecule has 1 amide bonds. The summed E-state index contributed by atoms with van der Waals surface area (Å²) >= 11 is 0. The van der Waals surface area contributed by atoms with E-state index < -0.39 is 17.4 Å². The second-order valence-electron chi connectivity index (χ2n) is 3.73. The Balaban J connectivity index is 2.51. The van der Waals surface area contributed by atoms with Crippen LogP contribution in [0, 0.1) is 0 Å². The third kappa shape index (κ3) is 4.64. The lowest BCUT2D eigenvalue weighted by atomic mass is 10.3. The number of carbonyl (C=O) groups is 1. The van der Waals surface area contributed by atoms with Crippen molar-refractivity contribution in [1.82, 2.24) is 14.9 Å². The number of nitrogens with zero attached hydrogens (tertiary/aromatic N) is 1. The fraction of sp³-hybridized carbons (Fsp3) is 0.500. The molecular formula is C10H15N3O4. The summed E-state index contributed by atoms with van der Waals surface area (Å²) in [5.74, 6) is -0.347. The van der Waals surface area contributed by atoms with Crippen LogP contribution in [0.25, 0.3) is 0 Å². The van der Waals surface area contributed by atoms with E-state index in [0.717, 1.165) is 4.57 Å². The molecule has 3 N–H and O–H groups in total. The molecule has 17 heavy (non-hydrogen) atoms. The number of aromatic amines is 1. The molecule has 1 heterocycles. The van der Waals surface area contributed by atoms with Crippen LogP contribution in [0.4, 0.5) is 0 Å². The van der Waals surface area contributed by atoms with Gasteiger partial charge < -0.3 is 10.4 Å². The van der Waals surface area contributed by atoms with Crippen molar-refractivity contribution in [2.24, 2.45) is 0 Å². The molecule has 0 saturated heterocycles. The van der Waals surface area contributed by atoms with Gasteiger partial charge in [0.25, 0.3) is 5.56 Å². The number of nitrogens with one attached hydrogen (secondary N) is 2. The summed E-state index contributed by atoms with van der Waals surface area (Å²) < 4.78 is 1.10. The molecule has 0 aliphatic heterocycles. The number of amides is 1. The first-order valence-electron chi connectivity index (χ1n) is 5.23. The molecule has 1 rings (SSSR count). The van der Waals surface area contributed by atoms with Crippen molar-refractivity contribution in [2.45, 2.75) is 26.0 Å². The smallest absolute Gasteiger partial charge is 0.328 e. The summed E-state index contributed by atoms with van der Waals surface area (Å²) in [5.41, 5.74) is -1.12. The molecule has 0 radical (unpaired) electrons. The van der Waals surface area contributed by atoms with Gasteiger partial charge in [-0.05, 0) is 13.3 Å². The number of hydrogen-bond acceptors (Lipinski definition) is 4. The molecule has 0 aliphatic carbocycles. The van der Waals surface area contributed by atoms with Crippen molar-refractivity contribution >= 4 is 5.91 Å². The van der Waals surface area contributed by atoms with Gasteiger partial charge in [-0.3, -0.25) is 19.1 Å². The highest BCUT2D eigenvalue weighted by molar-refractivity contribution is 5.75. The van der Waals surface area contributed by atoms with Gasteiger partial charge in [0.2, 0.25) is 5.91 Å². The topological polar surface area (TPSA) is 104 Å². The zero-order chi connectivity index (χ0) is 12.8. The molecule has 0 spiro atoms. The second kappa shape index (κ2) is 6.00. The van der Waals surface area contributed by atoms with E-state index >= 15 is 0 Å². The lowest BCUT2D eigenvalue weighted by Crippen LogP contribution is -2.36. The fourth-order valence-corrected chi connectivity index (χ4v) is 1.20. The van der Waals surface area contributed by atoms with Gasteiger partial charge in [0, 0.05) is 18.8 Å². The second-order valence-corrected chi connectivity index (χ2v) is 3.73. The minimum absolute atomic E-state index is 0.157. The van der Waals surface area contributed by atoms with Gasteiger partial charge in [-0.1, -0.05) is 0 Å². The quantitative estimate of drug-likeness (QED) is 0.579. The molecule has 1 aromatic heterocycles. The number of carbonyl (C=O) groups excluding carboxylic acids is 1. The molecule has 7 nitrogen and oxygen atoms in total. The molecule has 0 fully saturated rings. The molecular weight excluding hydrogens is 226 g/mol. The summed E-state index contributed by atoms with van der Waals surface area (Å²) in [7, 11) is 0. The zero-order valence-electron chi connectivity index (χ0n) is 9.47. The van der Waals surface area contributed by atoms with Crippen molar-refractivity contribution in [3.8, 4) is 0 Å². The van der Waals surface area contributed by atoms with Crippen molar-refractivity contribution in [3.05, 3.63) is 33.1 Å². The zero-order valence-corrected chi connectivity index (χ0v) is 9.47. The molecule has 94 valence electrons. The molecule has 7 heteroatoms. The molecule has 1 atom stereocenters. The normalized spacial score (nSPS) is 12.1. The van der Waals surface area contributed by atoms with Gasteiger partial charge in [-0.15, -0.1) is 0 Å². The molecule has 0 bridgehead atoms. The summed E-state index contributed by atoms with van der Waals surface area (Å²) in [6, 6.07) is 1.17. The molecule has 1 aromatic rings. The summed E-state index contributed by atoms with van der Waals surface area (Å²) in [4.78, 5) is 35.5. The highest BCUT2D eigenvalue weighted by Gasteiger charge is 2.04. The van der Waals surface area contributed by atoms with Crippen molar-refractivity contribution in [3.63, 3.8) is 0 Å². The molecule has 0 aliphatic rings. The number of aliphatic hydroxyl groups is 1. The average molecular weight is 241 g/mol. The fourth-order valence-electron chi connectivity index (χ4n) is 1.20.